The van der Waals surface area contributed by atoms with Crippen molar-refractivity contribution in [3.8, 4) is 0 Å². The van der Waals surface area contributed by atoms with Crippen LogP contribution >= 0.6 is 26.6 Å². The summed E-state index contributed by atoms with van der Waals surface area (Å²) in [7, 11) is 1.40. The van der Waals surface area contributed by atoms with Gasteiger partial charge in [0.15, 0.2) is 0 Å². The highest BCUT2D eigenvalue weighted by Crippen LogP contribution is 2.25. The molecule has 2 rings (SSSR count). The summed E-state index contributed by atoms with van der Waals surface area (Å²) < 4.78 is 23.3. The number of hydrogen-bond donors (Lipinski definition) is 1. The number of benzene rings is 1. The number of nitrogens with one attached hydrogen (secondary N) is 1. The fraction of sp³-hybridized carbons (Fsp3) is 0. The molecule has 0 saturated carbocycles. The molecule has 1 N–H and O–H groups in total. The van der Waals surface area contributed by atoms with Gasteiger partial charge in [-0.2, -0.15) is 0 Å². The van der Waals surface area contributed by atoms with Crippen LogP contribution in [0.5, 0.6) is 0 Å². The highest BCUT2D eigenvalue weighted by atomic mass is 79.9. The topological polar surface area (TPSA) is 67.0 Å². The predicted octanol–water partition coefficient (Wildman–Crippen LogP) is 2.22. The summed E-state index contributed by atoms with van der Waals surface area (Å²) in [6.07, 6.45) is 1.10. The molecule has 84 valence electrons. The predicted molar refractivity (Wildman–Crippen MR) is 65.3 cm³/mol. The molecule has 1 aromatic heterocycles. The zero-order valence-electron chi connectivity index (χ0n) is 7.70. The smallest absolute Gasteiger partial charge is 0.263 e. The Morgan fingerprint density at radius 3 is 2.56 bits per heavy atom. The maximum atomic E-state index is 11.5. The van der Waals surface area contributed by atoms with Crippen molar-refractivity contribution in [2.75, 3.05) is 0 Å². The molecule has 0 atom stereocenters. The molecule has 0 bridgehead atoms. The maximum Gasteiger partial charge on any atom is 0.263 e. The Labute approximate surface area is 104 Å². The monoisotopic (exact) mass is 321 g/mol. The van der Waals surface area contributed by atoms with Crippen molar-refractivity contribution in [3.63, 3.8) is 0 Å². The third-order valence-corrected chi connectivity index (χ3v) is 3.94. The van der Waals surface area contributed by atoms with Crippen molar-refractivity contribution >= 4 is 46.4 Å². The van der Waals surface area contributed by atoms with Gasteiger partial charge < -0.3 is 4.98 Å². The van der Waals surface area contributed by atoms with Crippen LogP contribution in [0.3, 0.4) is 0 Å². The Balaban J connectivity index is 3.04. The summed E-state index contributed by atoms with van der Waals surface area (Å²) in [6, 6.07) is 4.73. The number of fused-ring (bicyclic) bond motifs is 1. The lowest BCUT2D eigenvalue weighted by atomic mass is 10.2. The normalized spacial score (nSPS) is 11.9. The molecule has 0 spiro atoms. The second-order valence-corrected chi connectivity index (χ2v) is 6.56. The van der Waals surface area contributed by atoms with Crippen LogP contribution in [0.15, 0.2) is 38.6 Å². The molecule has 0 saturated heterocycles. The molecule has 1 heterocycles. The van der Waals surface area contributed by atoms with Gasteiger partial charge in [0.2, 0.25) is 0 Å². The Bertz CT molecular complexity index is 723. The van der Waals surface area contributed by atoms with E-state index in [2.05, 4.69) is 20.9 Å². The highest BCUT2D eigenvalue weighted by Gasteiger charge is 2.15. The summed E-state index contributed by atoms with van der Waals surface area (Å²) >= 11 is 3.21. The van der Waals surface area contributed by atoms with Crippen LogP contribution in [0.25, 0.3) is 10.8 Å². The van der Waals surface area contributed by atoms with Crippen molar-refractivity contribution in [1.82, 2.24) is 4.98 Å². The first-order chi connectivity index (χ1) is 7.39. The van der Waals surface area contributed by atoms with Gasteiger partial charge in [-0.05, 0) is 18.2 Å². The van der Waals surface area contributed by atoms with Gasteiger partial charge in [0.1, 0.15) is 4.90 Å². The zero-order chi connectivity index (χ0) is 11.9. The van der Waals surface area contributed by atoms with E-state index in [4.69, 9.17) is 10.7 Å². The van der Waals surface area contributed by atoms with E-state index in [9.17, 15) is 13.2 Å². The molecule has 0 unspecified atom stereocenters. The Morgan fingerprint density at radius 1 is 1.25 bits per heavy atom. The number of H-pyrrole nitrogens is 1. The summed E-state index contributed by atoms with van der Waals surface area (Å²) in [4.78, 5) is 13.7. The van der Waals surface area contributed by atoms with Crippen LogP contribution in [0.1, 0.15) is 0 Å². The van der Waals surface area contributed by atoms with Gasteiger partial charge in [-0.1, -0.05) is 15.9 Å². The molecule has 0 aliphatic carbocycles. The second kappa shape index (κ2) is 3.87. The average Bonchev–Trinajstić information content (AvgIpc) is 2.15. The average molecular weight is 323 g/mol. The standard InChI is InChI=1S/C9H5BrClNO3S/c10-5-1-2-6-7(3-5)8(16(11,14)15)4-12-9(6)13/h1-4H,(H,12,13). The first kappa shape index (κ1) is 11.6. The van der Waals surface area contributed by atoms with E-state index >= 15 is 0 Å². The van der Waals surface area contributed by atoms with E-state index in [0.717, 1.165) is 6.20 Å². The second-order valence-electron chi connectivity index (χ2n) is 3.11. The van der Waals surface area contributed by atoms with Crippen molar-refractivity contribution in [2.45, 2.75) is 4.90 Å². The van der Waals surface area contributed by atoms with Crippen molar-refractivity contribution in [3.05, 3.63) is 39.2 Å². The van der Waals surface area contributed by atoms with Crippen LogP contribution in [-0.2, 0) is 9.05 Å². The van der Waals surface area contributed by atoms with Crippen molar-refractivity contribution < 1.29 is 8.42 Å². The third kappa shape index (κ3) is 2.00. The quantitative estimate of drug-likeness (QED) is 0.819. The van der Waals surface area contributed by atoms with Gasteiger partial charge in [-0.3, -0.25) is 4.79 Å². The van der Waals surface area contributed by atoms with Gasteiger partial charge in [0.25, 0.3) is 14.6 Å². The van der Waals surface area contributed by atoms with Crippen molar-refractivity contribution in [2.24, 2.45) is 0 Å². The van der Waals surface area contributed by atoms with Gasteiger partial charge in [-0.25, -0.2) is 8.42 Å². The number of hydrogen-bond acceptors (Lipinski definition) is 3. The molecule has 4 nitrogen and oxygen atoms in total. The molecule has 0 aliphatic rings. The van der Waals surface area contributed by atoms with Gasteiger partial charge in [0.05, 0.1) is 0 Å². The number of aromatic amines is 1. The number of rotatable bonds is 1. The lowest BCUT2D eigenvalue weighted by Gasteiger charge is -2.02. The first-order valence-corrected chi connectivity index (χ1v) is 7.25. The fourth-order valence-electron chi connectivity index (χ4n) is 1.41. The highest BCUT2D eigenvalue weighted by molar-refractivity contribution is 9.10. The zero-order valence-corrected chi connectivity index (χ0v) is 10.9. The van der Waals surface area contributed by atoms with Crippen molar-refractivity contribution in [1.29, 1.82) is 0 Å². The molecule has 7 heteroatoms. The Hall–Kier alpha value is -0.850. The van der Waals surface area contributed by atoms with Gasteiger partial charge in [0, 0.05) is 32.1 Å². The van der Waals surface area contributed by atoms with Crippen LogP contribution < -0.4 is 5.56 Å². The minimum absolute atomic E-state index is 0.106. The van der Waals surface area contributed by atoms with Gasteiger partial charge in [-0.15, -0.1) is 0 Å². The molecule has 16 heavy (non-hydrogen) atoms. The number of halogens is 2. The Kier molecular flexibility index (Phi) is 2.81. The van der Waals surface area contributed by atoms with E-state index in [1.165, 1.54) is 6.07 Å². The van der Waals surface area contributed by atoms with Crippen LogP contribution in [0.4, 0.5) is 0 Å². The number of pyridine rings is 1. The summed E-state index contributed by atoms with van der Waals surface area (Å²) in [5.74, 6) is 0. The van der Waals surface area contributed by atoms with Crippen LogP contribution in [0.2, 0.25) is 0 Å². The summed E-state index contributed by atoms with van der Waals surface area (Å²) in [5, 5.41) is 0.582. The largest absolute Gasteiger partial charge is 0.327 e. The van der Waals surface area contributed by atoms with E-state index in [0.29, 0.717) is 9.86 Å². The van der Waals surface area contributed by atoms with E-state index in [-0.39, 0.29) is 15.8 Å². The first-order valence-electron chi connectivity index (χ1n) is 4.15. The molecule has 0 amide bonds. The fourth-order valence-corrected chi connectivity index (χ4v) is 2.78. The molecular weight excluding hydrogens is 318 g/mol. The lowest BCUT2D eigenvalue weighted by Crippen LogP contribution is -2.08. The summed E-state index contributed by atoms with van der Waals surface area (Å²) in [5.41, 5.74) is -0.355. The van der Waals surface area contributed by atoms with Gasteiger partial charge >= 0.3 is 0 Å². The Morgan fingerprint density at radius 2 is 1.94 bits per heavy atom. The SMILES string of the molecule is O=c1[nH]cc(S(=O)(=O)Cl)c2cc(Br)ccc12. The minimum Gasteiger partial charge on any atom is -0.327 e. The van der Waals surface area contributed by atoms with E-state index < -0.39 is 9.05 Å². The van der Waals surface area contributed by atoms with Crippen LogP contribution in [-0.4, -0.2) is 13.4 Å². The lowest BCUT2D eigenvalue weighted by molar-refractivity contribution is 0.610. The van der Waals surface area contributed by atoms with E-state index in [1.54, 1.807) is 12.1 Å². The molecule has 1 aromatic carbocycles. The third-order valence-electron chi connectivity index (χ3n) is 2.09. The molecule has 0 fully saturated rings. The summed E-state index contributed by atoms with van der Waals surface area (Å²) in [6.45, 7) is 0. The molecule has 2 aromatic rings. The minimum atomic E-state index is -3.88. The van der Waals surface area contributed by atoms with E-state index in [1.807, 2.05) is 0 Å². The maximum absolute atomic E-state index is 11.5. The molecular formula is C9H5BrClNO3S. The molecule has 0 aliphatic heterocycles. The molecule has 0 radical (unpaired) electrons. The van der Waals surface area contributed by atoms with Crippen LogP contribution in [0, 0.1) is 0 Å². The number of aromatic nitrogens is 1.